The molecular weight excluding hydrogens is 248 g/mol. The van der Waals surface area contributed by atoms with Crippen LogP contribution in [0, 0.1) is 0 Å². The third-order valence-corrected chi connectivity index (χ3v) is 4.55. The molecule has 1 heterocycles. The summed E-state index contributed by atoms with van der Waals surface area (Å²) in [5.74, 6) is 7.33. The third-order valence-electron chi connectivity index (χ3n) is 4.55. The number of hydrogen-bond acceptors (Lipinski definition) is 3. The molecule has 1 aliphatic heterocycles. The highest BCUT2D eigenvalue weighted by atomic mass is 16.5. The summed E-state index contributed by atoms with van der Waals surface area (Å²) in [4.78, 5) is 0. The van der Waals surface area contributed by atoms with Crippen molar-refractivity contribution in [3.8, 4) is 5.75 Å². The molecule has 0 saturated carbocycles. The number of hydrogen-bond donors (Lipinski definition) is 2. The lowest BCUT2D eigenvalue weighted by Gasteiger charge is -2.36. The zero-order valence-electron chi connectivity index (χ0n) is 11.3. The Hall–Kier alpha value is -1.84. The van der Waals surface area contributed by atoms with Gasteiger partial charge in [0, 0.05) is 12.3 Å². The van der Waals surface area contributed by atoms with E-state index in [-0.39, 0.29) is 6.04 Å². The van der Waals surface area contributed by atoms with Gasteiger partial charge in [0.25, 0.3) is 0 Å². The molecule has 0 fully saturated rings. The second-order valence-corrected chi connectivity index (χ2v) is 5.62. The van der Waals surface area contributed by atoms with Gasteiger partial charge in [-0.1, -0.05) is 36.4 Å². The first-order valence-electron chi connectivity index (χ1n) is 7.16. The molecule has 2 atom stereocenters. The SMILES string of the molecule is NNC(c1ccc2c(c1)CCO2)C1Cc2ccccc21. The van der Waals surface area contributed by atoms with Crippen LogP contribution in [0.3, 0.4) is 0 Å². The van der Waals surface area contributed by atoms with Crippen LogP contribution in [0.15, 0.2) is 42.5 Å². The first-order chi connectivity index (χ1) is 9.86. The van der Waals surface area contributed by atoms with Crippen molar-refractivity contribution in [2.24, 2.45) is 5.84 Å². The van der Waals surface area contributed by atoms with E-state index >= 15 is 0 Å². The molecule has 2 unspecified atom stereocenters. The van der Waals surface area contributed by atoms with Crippen molar-refractivity contribution in [2.75, 3.05) is 6.61 Å². The summed E-state index contributed by atoms with van der Waals surface area (Å²) in [6, 6.07) is 15.3. The number of rotatable bonds is 3. The van der Waals surface area contributed by atoms with Gasteiger partial charge in [-0.15, -0.1) is 0 Å². The number of nitrogens with one attached hydrogen (secondary N) is 1. The molecule has 3 N–H and O–H groups in total. The monoisotopic (exact) mass is 266 g/mol. The molecule has 0 aromatic heterocycles. The molecule has 2 aromatic carbocycles. The second kappa shape index (κ2) is 4.62. The summed E-state index contributed by atoms with van der Waals surface area (Å²) >= 11 is 0. The average Bonchev–Trinajstić information content (AvgIpc) is 2.92. The molecule has 2 aliphatic rings. The Bertz CT molecular complexity index is 653. The summed E-state index contributed by atoms with van der Waals surface area (Å²) in [5, 5.41) is 0. The van der Waals surface area contributed by atoms with Crippen molar-refractivity contribution in [1.82, 2.24) is 5.43 Å². The minimum absolute atomic E-state index is 0.177. The number of nitrogens with two attached hydrogens (primary N) is 1. The van der Waals surface area contributed by atoms with E-state index in [1.807, 2.05) is 0 Å². The van der Waals surface area contributed by atoms with E-state index in [9.17, 15) is 0 Å². The van der Waals surface area contributed by atoms with Crippen LogP contribution in [0.2, 0.25) is 0 Å². The molecule has 102 valence electrons. The Morgan fingerprint density at radius 3 is 2.90 bits per heavy atom. The Morgan fingerprint density at radius 2 is 2.05 bits per heavy atom. The van der Waals surface area contributed by atoms with Gasteiger partial charge in [-0.25, -0.2) is 0 Å². The van der Waals surface area contributed by atoms with Crippen LogP contribution in [-0.2, 0) is 12.8 Å². The van der Waals surface area contributed by atoms with Crippen LogP contribution >= 0.6 is 0 Å². The third kappa shape index (κ3) is 1.74. The molecule has 20 heavy (non-hydrogen) atoms. The largest absolute Gasteiger partial charge is 0.493 e. The zero-order chi connectivity index (χ0) is 13.5. The Labute approximate surface area is 118 Å². The molecular formula is C17H18N2O. The van der Waals surface area contributed by atoms with E-state index in [0.717, 1.165) is 25.2 Å². The Kier molecular flexibility index (Phi) is 2.76. The normalized spacial score (nSPS) is 20.6. The molecule has 4 rings (SSSR count). The lowest BCUT2D eigenvalue weighted by atomic mass is 9.72. The Morgan fingerprint density at radius 1 is 1.15 bits per heavy atom. The maximum absolute atomic E-state index is 5.84. The first kappa shape index (κ1) is 11.9. The molecule has 0 radical (unpaired) electrons. The topological polar surface area (TPSA) is 47.3 Å². The zero-order valence-corrected chi connectivity index (χ0v) is 11.3. The van der Waals surface area contributed by atoms with Gasteiger partial charge in [0.2, 0.25) is 0 Å². The highest BCUT2D eigenvalue weighted by molar-refractivity contribution is 5.46. The number of benzene rings is 2. The minimum atomic E-state index is 0.177. The van der Waals surface area contributed by atoms with Gasteiger partial charge in [-0.05, 0) is 34.7 Å². The van der Waals surface area contributed by atoms with Crippen molar-refractivity contribution in [3.63, 3.8) is 0 Å². The molecule has 3 nitrogen and oxygen atoms in total. The number of hydrazine groups is 1. The minimum Gasteiger partial charge on any atom is -0.493 e. The standard InChI is InChI=1S/C17H18N2O/c18-19-17(15-10-11-3-1-2-4-14(11)15)13-5-6-16-12(9-13)7-8-20-16/h1-6,9,15,17,19H,7-8,10,18H2. The molecule has 0 bridgehead atoms. The summed E-state index contributed by atoms with van der Waals surface area (Å²) in [6.45, 7) is 0.797. The van der Waals surface area contributed by atoms with Crippen LogP contribution in [0.1, 0.15) is 34.2 Å². The average molecular weight is 266 g/mol. The van der Waals surface area contributed by atoms with Crippen LogP contribution < -0.4 is 16.0 Å². The van der Waals surface area contributed by atoms with Crippen molar-refractivity contribution in [2.45, 2.75) is 24.8 Å². The predicted octanol–water partition coefficient (Wildman–Crippen LogP) is 2.47. The van der Waals surface area contributed by atoms with Crippen molar-refractivity contribution >= 4 is 0 Å². The van der Waals surface area contributed by atoms with E-state index in [4.69, 9.17) is 10.6 Å². The van der Waals surface area contributed by atoms with Crippen LogP contribution in [-0.4, -0.2) is 6.61 Å². The molecule has 0 saturated heterocycles. The van der Waals surface area contributed by atoms with Crippen molar-refractivity contribution in [1.29, 1.82) is 0 Å². The van der Waals surface area contributed by atoms with Crippen LogP contribution in [0.25, 0.3) is 0 Å². The highest BCUT2D eigenvalue weighted by Crippen LogP contribution is 2.43. The quantitative estimate of drug-likeness (QED) is 0.662. The smallest absolute Gasteiger partial charge is 0.122 e. The lowest BCUT2D eigenvalue weighted by Crippen LogP contribution is -2.37. The summed E-state index contributed by atoms with van der Waals surface area (Å²) in [5.41, 5.74) is 8.44. The van der Waals surface area contributed by atoms with Gasteiger partial charge in [-0.3, -0.25) is 11.3 Å². The van der Waals surface area contributed by atoms with Gasteiger partial charge >= 0.3 is 0 Å². The summed E-state index contributed by atoms with van der Waals surface area (Å²) in [6.07, 6.45) is 2.10. The lowest BCUT2D eigenvalue weighted by molar-refractivity contribution is 0.356. The number of fused-ring (bicyclic) bond motifs is 2. The molecule has 3 heteroatoms. The fourth-order valence-corrected chi connectivity index (χ4v) is 3.44. The van der Waals surface area contributed by atoms with Gasteiger partial charge in [-0.2, -0.15) is 0 Å². The van der Waals surface area contributed by atoms with Gasteiger partial charge in [0.05, 0.1) is 12.6 Å². The predicted molar refractivity (Wildman–Crippen MR) is 78.6 cm³/mol. The van der Waals surface area contributed by atoms with Crippen LogP contribution in [0.5, 0.6) is 5.75 Å². The molecule has 0 spiro atoms. The maximum Gasteiger partial charge on any atom is 0.122 e. The van der Waals surface area contributed by atoms with Crippen LogP contribution in [0.4, 0.5) is 0 Å². The van der Waals surface area contributed by atoms with E-state index in [1.54, 1.807) is 0 Å². The first-order valence-corrected chi connectivity index (χ1v) is 7.16. The summed E-state index contributed by atoms with van der Waals surface area (Å²) < 4.78 is 5.57. The molecule has 1 aliphatic carbocycles. The summed E-state index contributed by atoms with van der Waals surface area (Å²) in [7, 11) is 0. The van der Waals surface area contributed by atoms with E-state index in [0.29, 0.717) is 5.92 Å². The molecule has 2 aromatic rings. The molecule has 0 amide bonds. The van der Waals surface area contributed by atoms with E-state index < -0.39 is 0 Å². The Balaban J connectivity index is 1.67. The fourth-order valence-electron chi connectivity index (χ4n) is 3.44. The maximum atomic E-state index is 5.84. The fraction of sp³-hybridized carbons (Fsp3) is 0.294. The van der Waals surface area contributed by atoms with Gasteiger partial charge in [0.15, 0.2) is 0 Å². The van der Waals surface area contributed by atoms with E-state index in [2.05, 4.69) is 47.9 Å². The number of ether oxygens (including phenoxy) is 1. The van der Waals surface area contributed by atoms with E-state index in [1.165, 1.54) is 22.3 Å². The second-order valence-electron chi connectivity index (χ2n) is 5.62. The van der Waals surface area contributed by atoms with Gasteiger partial charge in [0.1, 0.15) is 5.75 Å². The van der Waals surface area contributed by atoms with Gasteiger partial charge < -0.3 is 4.74 Å². The highest BCUT2D eigenvalue weighted by Gasteiger charge is 2.33. The van der Waals surface area contributed by atoms with Crippen molar-refractivity contribution < 1.29 is 4.74 Å². The van der Waals surface area contributed by atoms with Crippen molar-refractivity contribution in [3.05, 3.63) is 64.7 Å².